The van der Waals surface area contributed by atoms with Gasteiger partial charge in [-0.2, -0.15) is 0 Å². The normalized spacial score (nSPS) is 10.4. The van der Waals surface area contributed by atoms with Crippen molar-refractivity contribution in [3.8, 4) is 0 Å². The second kappa shape index (κ2) is 8.73. The van der Waals surface area contributed by atoms with Gasteiger partial charge in [0.15, 0.2) is 6.61 Å². The van der Waals surface area contributed by atoms with Gasteiger partial charge in [-0.3, -0.25) is 4.79 Å². The van der Waals surface area contributed by atoms with Crippen molar-refractivity contribution in [2.24, 2.45) is 0 Å². The van der Waals surface area contributed by atoms with Gasteiger partial charge in [0.25, 0.3) is 5.91 Å². The van der Waals surface area contributed by atoms with Gasteiger partial charge in [0.1, 0.15) is 5.69 Å². The van der Waals surface area contributed by atoms with E-state index in [1.165, 1.54) is 0 Å². The summed E-state index contributed by atoms with van der Waals surface area (Å²) in [6, 6.07) is 5.18. The molecular formula is C19H21ClN2O5. The average Bonchev–Trinajstić information content (AvgIpc) is 2.90. The molecule has 0 aliphatic carbocycles. The number of hydrogen-bond donors (Lipinski definition) is 2. The fraction of sp³-hybridized carbons (Fsp3) is 0.316. The number of carbonyl (C=O) groups excluding carboxylic acids is 3. The van der Waals surface area contributed by atoms with Crippen LogP contribution in [0.1, 0.15) is 44.6 Å². The Morgan fingerprint density at radius 3 is 2.44 bits per heavy atom. The summed E-state index contributed by atoms with van der Waals surface area (Å²) in [5, 5.41) is 2.97. The van der Waals surface area contributed by atoms with Crippen LogP contribution in [0, 0.1) is 20.8 Å². The van der Waals surface area contributed by atoms with Gasteiger partial charge in [0, 0.05) is 5.69 Å². The Labute approximate surface area is 162 Å². The van der Waals surface area contributed by atoms with Crippen molar-refractivity contribution in [2.75, 3.05) is 18.5 Å². The van der Waals surface area contributed by atoms with E-state index in [1.807, 2.05) is 6.92 Å². The smallest absolute Gasteiger partial charge is 0.355 e. The van der Waals surface area contributed by atoms with E-state index in [0.29, 0.717) is 27.5 Å². The molecule has 1 aromatic carbocycles. The van der Waals surface area contributed by atoms with Crippen molar-refractivity contribution in [1.29, 1.82) is 0 Å². The molecule has 2 rings (SSSR count). The van der Waals surface area contributed by atoms with E-state index in [4.69, 9.17) is 21.1 Å². The molecule has 0 bridgehead atoms. The molecule has 144 valence electrons. The lowest BCUT2D eigenvalue weighted by Crippen LogP contribution is -2.21. The van der Waals surface area contributed by atoms with Gasteiger partial charge in [-0.25, -0.2) is 9.59 Å². The van der Waals surface area contributed by atoms with E-state index in [-0.39, 0.29) is 12.3 Å². The van der Waals surface area contributed by atoms with E-state index in [0.717, 1.165) is 5.56 Å². The number of aromatic nitrogens is 1. The molecule has 0 unspecified atom stereocenters. The summed E-state index contributed by atoms with van der Waals surface area (Å²) in [6.07, 6.45) is 0. The molecule has 0 spiro atoms. The number of H-pyrrole nitrogens is 1. The number of amides is 1. The predicted octanol–water partition coefficient (Wildman–Crippen LogP) is 3.57. The third kappa shape index (κ3) is 4.89. The molecule has 0 aliphatic rings. The Kier molecular flexibility index (Phi) is 6.63. The fourth-order valence-electron chi connectivity index (χ4n) is 2.57. The average molecular weight is 393 g/mol. The van der Waals surface area contributed by atoms with Crippen LogP contribution < -0.4 is 5.32 Å². The van der Waals surface area contributed by atoms with Crippen molar-refractivity contribution < 1.29 is 23.9 Å². The highest BCUT2D eigenvalue weighted by Crippen LogP contribution is 2.23. The van der Waals surface area contributed by atoms with Gasteiger partial charge >= 0.3 is 11.9 Å². The van der Waals surface area contributed by atoms with Crippen LogP contribution in [0.15, 0.2) is 18.2 Å². The van der Waals surface area contributed by atoms with Crippen molar-refractivity contribution in [1.82, 2.24) is 4.98 Å². The lowest BCUT2D eigenvalue weighted by atomic mass is 10.1. The molecular weight excluding hydrogens is 372 g/mol. The molecule has 0 saturated carbocycles. The highest BCUT2D eigenvalue weighted by Gasteiger charge is 2.24. The van der Waals surface area contributed by atoms with Crippen LogP contribution in [0.2, 0.25) is 5.02 Å². The van der Waals surface area contributed by atoms with Crippen molar-refractivity contribution in [3.63, 3.8) is 0 Å². The van der Waals surface area contributed by atoms with E-state index in [9.17, 15) is 14.4 Å². The molecule has 0 saturated heterocycles. The van der Waals surface area contributed by atoms with Crippen LogP contribution in [-0.2, 0) is 14.3 Å². The predicted molar refractivity (Wildman–Crippen MR) is 101 cm³/mol. The number of nitrogens with one attached hydrogen (secondary N) is 2. The number of halogens is 1. The minimum Gasteiger partial charge on any atom is -0.462 e. The van der Waals surface area contributed by atoms with E-state index >= 15 is 0 Å². The number of aromatic amines is 1. The van der Waals surface area contributed by atoms with Crippen LogP contribution in [0.25, 0.3) is 0 Å². The Bertz CT molecular complexity index is 888. The molecule has 27 heavy (non-hydrogen) atoms. The Morgan fingerprint density at radius 2 is 1.81 bits per heavy atom. The quantitative estimate of drug-likeness (QED) is 0.732. The second-order valence-electron chi connectivity index (χ2n) is 5.95. The van der Waals surface area contributed by atoms with Gasteiger partial charge in [0.2, 0.25) is 0 Å². The van der Waals surface area contributed by atoms with Crippen LogP contribution >= 0.6 is 11.6 Å². The van der Waals surface area contributed by atoms with Crippen molar-refractivity contribution in [2.45, 2.75) is 27.7 Å². The van der Waals surface area contributed by atoms with E-state index < -0.39 is 24.5 Å². The number of carbonyl (C=O) groups is 3. The summed E-state index contributed by atoms with van der Waals surface area (Å²) in [4.78, 5) is 39.1. The SMILES string of the molecule is CCOC(=O)c1c(C)[nH]c(C(=O)OCC(=O)Nc2ccc(C)cc2Cl)c1C. The minimum atomic E-state index is -0.740. The van der Waals surface area contributed by atoms with Crippen LogP contribution in [0.5, 0.6) is 0 Å². The molecule has 1 amide bonds. The monoisotopic (exact) mass is 392 g/mol. The van der Waals surface area contributed by atoms with Gasteiger partial charge in [0.05, 0.1) is 22.9 Å². The van der Waals surface area contributed by atoms with Crippen LogP contribution in [-0.4, -0.2) is 36.0 Å². The lowest BCUT2D eigenvalue weighted by molar-refractivity contribution is -0.119. The summed E-state index contributed by atoms with van der Waals surface area (Å²) in [5.74, 6) is -1.79. The Hall–Kier alpha value is -2.80. The molecule has 1 aromatic heterocycles. The molecule has 0 radical (unpaired) electrons. The van der Waals surface area contributed by atoms with E-state index in [1.54, 1.807) is 39.0 Å². The zero-order valence-electron chi connectivity index (χ0n) is 15.6. The van der Waals surface area contributed by atoms with E-state index in [2.05, 4.69) is 10.3 Å². The Morgan fingerprint density at radius 1 is 1.11 bits per heavy atom. The number of benzene rings is 1. The molecule has 2 aromatic rings. The summed E-state index contributed by atoms with van der Waals surface area (Å²) < 4.78 is 10.0. The maximum atomic E-state index is 12.3. The zero-order chi connectivity index (χ0) is 20.1. The summed E-state index contributed by atoms with van der Waals surface area (Å²) >= 11 is 6.06. The number of aryl methyl sites for hydroxylation is 2. The van der Waals surface area contributed by atoms with Crippen molar-refractivity contribution in [3.05, 3.63) is 51.3 Å². The van der Waals surface area contributed by atoms with Crippen molar-refractivity contribution >= 4 is 35.1 Å². The summed E-state index contributed by atoms with van der Waals surface area (Å²) in [6.45, 7) is 6.58. The highest BCUT2D eigenvalue weighted by atomic mass is 35.5. The minimum absolute atomic E-state index is 0.108. The Balaban J connectivity index is 2.02. The third-order valence-corrected chi connectivity index (χ3v) is 4.17. The number of anilines is 1. The molecule has 1 heterocycles. The highest BCUT2D eigenvalue weighted by molar-refractivity contribution is 6.33. The second-order valence-corrected chi connectivity index (χ2v) is 6.36. The van der Waals surface area contributed by atoms with Crippen LogP contribution in [0.3, 0.4) is 0 Å². The summed E-state index contributed by atoms with van der Waals surface area (Å²) in [7, 11) is 0. The first-order valence-corrected chi connectivity index (χ1v) is 8.71. The van der Waals surface area contributed by atoms with Gasteiger partial charge in [-0.05, 0) is 51.0 Å². The number of hydrogen-bond acceptors (Lipinski definition) is 5. The fourth-order valence-corrected chi connectivity index (χ4v) is 2.86. The van der Waals surface area contributed by atoms with Gasteiger partial charge in [-0.1, -0.05) is 17.7 Å². The first-order valence-electron chi connectivity index (χ1n) is 8.34. The molecule has 7 nitrogen and oxygen atoms in total. The zero-order valence-corrected chi connectivity index (χ0v) is 16.3. The molecule has 8 heteroatoms. The topological polar surface area (TPSA) is 97.5 Å². The standard InChI is InChI=1S/C19H21ClN2O5/c1-5-26-18(24)16-11(3)17(21-12(16)4)19(25)27-9-15(23)22-14-7-6-10(2)8-13(14)20/h6-8,21H,5,9H2,1-4H3,(H,22,23). The maximum Gasteiger partial charge on any atom is 0.355 e. The lowest BCUT2D eigenvalue weighted by Gasteiger charge is -2.08. The van der Waals surface area contributed by atoms with Gasteiger partial charge in [-0.15, -0.1) is 0 Å². The molecule has 0 aliphatic heterocycles. The first-order chi connectivity index (χ1) is 12.7. The summed E-state index contributed by atoms with van der Waals surface area (Å²) in [5.41, 5.74) is 2.70. The van der Waals surface area contributed by atoms with Crippen LogP contribution in [0.4, 0.5) is 5.69 Å². The third-order valence-electron chi connectivity index (χ3n) is 3.85. The van der Waals surface area contributed by atoms with Gasteiger partial charge < -0.3 is 19.8 Å². The first kappa shape index (κ1) is 20.5. The molecule has 0 fully saturated rings. The number of rotatable bonds is 6. The number of ether oxygens (including phenoxy) is 2. The maximum absolute atomic E-state index is 12.3. The number of esters is 2. The molecule has 2 N–H and O–H groups in total. The molecule has 0 atom stereocenters. The largest absolute Gasteiger partial charge is 0.462 e.